The van der Waals surface area contributed by atoms with Gasteiger partial charge in [-0.2, -0.15) is 0 Å². The summed E-state index contributed by atoms with van der Waals surface area (Å²) in [5.74, 6) is 1.15. The third-order valence-corrected chi connectivity index (χ3v) is 16.9. The number of aromatic nitrogens is 2. The van der Waals surface area contributed by atoms with E-state index in [-0.39, 0.29) is 5.92 Å². The van der Waals surface area contributed by atoms with Gasteiger partial charge in [0.15, 0.2) is 0 Å². The van der Waals surface area contributed by atoms with E-state index in [1.54, 1.807) is 0 Å². The van der Waals surface area contributed by atoms with Crippen LogP contribution in [-0.2, 0) is 6.42 Å². The zero-order valence-electron chi connectivity index (χ0n) is 45.9. The fourth-order valence-electron chi connectivity index (χ4n) is 13.0. The lowest BCUT2D eigenvalue weighted by Gasteiger charge is -2.27. The molecule has 0 N–H and O–H groups in total. The molecule has 13 aromatic carbocycles. The van der Waals surface area contributed by atoms with Gasteiger partial charge in [-0.3, -0.25) is 9.56 Å². The molecule has 0 fully saturated rings. The van der Waals surface area contributed by atoms with Crippen LogP contribution >= 0.6 is 0 Å². The second-order valence-electron chi connectivity index (χ2n) is 21.9. The van der Waals surface area contributed by atoms with Gasteiger partial charge in [-0.15, -0.1) is 0 Å². The molecule has 392 valence electrons. The van der Waals surface area contributed by atoms with Crippen LogP contribution < -0.4 is 0 Å². The molecule has 0 saturated carbocycles. The summed E-state index contributed by atoms with van der Waals surface area (Å²) in [7, 11) is 0. The van der Waals surface area contributed by atoms with Gasteiger partial charge in [0.1, 0.15) is 5.82 Å². The average molecular weight is 1060 g/mol. The predicted molar refractivity (Wildman–Crippen MR) is 349 cm³/mol. The number of aliphatic imine (C=N–C) groups is 1. The highest BCUT2D eigenvalue weighted by Crippen LogP contribution is 2.48. The first-order valence-electron chi connectivity index (χ1n) is 28.9. The zero-order chi connectivity index (χ0) is 55.1. The Bertz CT molecular complexity index is 4690. The molecule has 1 aromatic heterocycles. The van der Waals surface area contributed by atoms with E-state index in [4.69, 9.17) is 9.98 Å². The Morgan fingerprint density at radius 1 is 0.349 bits per heavy atom. The van der Waals surface area contributed by atoms with Gasteiger partial charge in [-0.05, 0) is 167 Å². The number of imidazole rings is 1. The van der Waals surface area contributed by atoms with Gasteiger partial charge in [-0.25, -0.2) is 4.98 Å². The van der Waals surface area contributed by atoms with Gasteiger partial charge in [0.05, 0.1) is 16.7 Å². The van der Waals surface area contributed by atoms with Crippen molar-refractivity contribution < 1.29 is 0 Å². The molecule has 1 aliphatic rings. The van der Waals surface area contributed by atoms with Crippen molar-refractivity contribution in [3.05, 3.63) is 320 Å². The van der Waals surface area contributed by atoms with Crippen LogP contribution in [0.5, 0.6) is 0 Å². The van der Waals surface area contributed by atoms with E-state index in [1.165, 1.54) is 82.7 Å². The number of hydrogen-bond acceptors (Lipinski definition) is 2. The van der Waals surface area contributed by atoms with Crippen LogP contribution in [0.25, 0.3) is 116 Å². The molecular formula is C80H57N3. The molecule has 14 aromatic rings. The highest BCUT2D eigenvalue weighted by atomic mass is 15.1. The average Bonchev–Trinajstić information content (AvgIpc) is 3.21. The third kappa shape index (κ3) is 9.33. The molecule has 1 atom stereocenters. The maximum absolute atomic E-state index is 5.54. The zero-order valence-corrected chi connectivity index (χ0v) is 45.9. The fourth-order valence-corrected chi connectivity index (χ4v) is 13.0. The van der Waals surface area contributed by atoms with E-state index >= 15 is 0 Å². The summed E-state index contributed by atoms with van der Waals surface area (Å²) in [6.07, 6.45) is 2.74. The van der Waals surface area contributed by atoms with Crippen LogP contribution in [0, 0.1) is 0 Å². The number of nitrogens with zero attached hydrogens (tertiary/aromatic N) is 3. The molecule has 1 unspecified atom stereocenters. The fraction of sp³-hybridized carbons (Fsp3) is 0.0500. The molecule has 2 heterocycles. The summed E-state index contributed by atoms with van der Waals surface area (Å²) in [5.41, 5.74) is 24.4. The van der Waals surface area contributed by atoms with Gasteiger partial charge in [0.2, 0.25) is 0 Å². The summed E-state index contributed by atoms with van der Waals surface area (Å²) in [6.45, 7) is 0. The first-order chi connectivity index (χ1) is 41.2. The SMILES string of the molecule is c1ccc(C2=Nc3cc(-c4ccccc4)c(-c4ccccc4)cc3C(CCc3ccc4c(-c5ccccc5)c5cc(-n6c(-c7ccccc7)nc7cc(-c8ccccc8)c(-c8ccccc8)cc76)ccc5c(-c5ccccc5)c4c3)C2)cc1. The Labute approximate surface area is 484 Å². The number of rotatable bonds is 12. The molecule has 3 heteroatoms. The molecule has 0 amide bonds. The van der Waals surface area contributed by atoms with Crippen molar-refractivity contribution in [2.75, 3.05) is 0 Å². The van der Waals surface area contributed by atoms with Crippen molar-refractivity contribution in [3.8, 4) is 83.8 Å². The van der Waals surface area contributed by atoms with Crippen molar-refractivity contribution in [1.29, 1.82) is 0 Å². The van der Waals surface area contributed by atoms with Crippen LogP contribution in [0.1, 0.15) is 35.4 Å². The molecule has 15 rings (SSSR count). The summed E-state index contributed by atoms with van der Waals surface area (Å²) in [6, 6.07) is 111. The van der Waals surface area contributed by atoms with E-state index in [1.807, 2.05) is 0 Å². The van der Waals surface area contributed by atoms with Crippen molar-refractivity contribution in [2.24, 2.45) is 4.99 Å². The smallest absolute Gasteiger partial charge is 0.145 e. The van der Waals surface area contributed by atoms with Crippen LogP contribution in [0.3, 0.4) is 0 Å². The van der Waals surface area contributed by atoms with Gasteiger partial charge < -0.3 is 0 Å². The largest absolute Gasteiger partial charge is 0.292 e. The summed E-state index contributed by atoms with van der Waals surface area (Å²) < 4.78 is 2.39. The third-order valence-electron chi connectivity index (χ3n) is 16.9. The summed E-state index contributed by atoms with van der Waals surface area (Å²) in [5, 5.41) is 4.87. The van der Waals surface area contributed by atoms with Gasteiger partial charge in [-0.1, -0.05) is 267 Å². The minimum atomic E-state index is 0.248. The second-order valence-corrected chi connectivity index (χ2v) is 21.9. The Hall–Kier alpha value is -10.5. The standard InChI is InChI=1S/C80H57N3/c1-9-25-55(26-10-1)67-50-71-63(48-74(59-33-17-5-18-34-59)81-75(71)51-68(67)56-27-11-2-12-28-56)43-41-54-42-45-65-72(47-54)78(60-35-19-6-20-36-60)66-46-44-64(49-73(66)79(65)61-37-21-7-22-38-61)83-77-53-70(58-31-15-4-16-32-58)69(57-29-13-3-14-30-57)52-76(77)82-80(83)62-39-23-8-24-40-62/h1-40,42,44-47,49-53,63H,41,43,48H2. The number of aryl methyl sites for hydroxylation is 1. The van der Waals surface area contributed by atoms with E-state index in [9.17, 15) is 0 Å². The van der Waals surface area contributed by atoms with Crippen molar-refractivity contribution >= 4 is 44.0 Å². The number of benzene rings is 13. The number of fused-ring (bicyclic) bond motifs is 4. The quantitative estimate of drug-likeness (QED) is 0.112. The van der Waals surface area contributed by atoms with Crippen LogP contribution in [-0.4, -0.2) is 15.3 Å². The maximum atomic E-state index is 5.54. The van der Waals surface area contributed by atoms with Crippen LogP contribution in [0.2, 0.25) is 0 Å². The van der Waals surface area contributed by atoms with Gasteiger partial charge in [0, 0.05) is 17.0 Å². The lowest BCUT2D eigenvalue weighted by atomic mass is 9.80. The molecule has 0 radical (unpaired) electrons. The molecule has 3 nitrogen and oxygen atoms in total. The topological polar surface area (TPSA) is 30.2 Å². The normalized spacial score (nSPS) is 13.1. The van der Waals surface area contributed by atoms with Crippen LogP contribution in [0.15, 0.2) is 308 Å². The van der Waals surface area contributed by atoms with E-state index < -0.39 is 0 Å². The molecule has 0 bridgehead atoms. The Morgan fingerprint density at radius 2 is 0.771 bits per heavy atom. The van der Waals surface area contributed by atoms with E-state index in [0.717, 1.165) is 81.0 Å². The van der Waals surface area contributed by atoms with E-state index in [2.05, 4.69) is 308 Å². The number of hydrogen-bond donors (Lipinski definition) is 0. The van der Waals surface area contributed by atoms with E-state index in [0.29, 0.717) is 0 Å². The second kappa shape index (κ2) is 21.5. The first kappa shape index (κ1) is 49.6. The lowest BCUT2D eigenvalue weighted by molar-refractivity contribution is 0.641. The summed E-state index contributed by atoms with van der Waals surface area (Å²) >= 11 is 0. The van der Waals surface area contributed by atoms with Gasteiger partial charge in [0.25, 0.3) is 0 Å². The Morgan fingerprint density at radius 3 is 1.29 bits per heavy atom. The molecular weight excluding hydrogens is 1000 g/mol. The van der Waals surface area contributed by atoms with Crippen LogP contribution in [0.4, 0.5) is 5.69 Å². The molecule has 83 heavy (non-hydrogen) atoms. The predicted octanol–water partition coefficient (Wildman–Crippen LogP) is 21.2. The molecule has 0 aliphatic carbocycles. The Balaban J connectivity index is 0.904. The Kier molecular flexibility index (Phi) is 12.9. The molecule has 1 aliphatic heterocycles. The minimum Gasteiger partial charge on any atom is -0.292 e. The minimum absolute atomic E-state index is 0.248. The van der Waals surface area contributed by atoms with Crippen molar-refractivity contribution in [3.63, 3.8) is 0 Å². The maximum Gasteiger partial charge on any atom is 0.145 e. The molecule has 0 spiro atoms. The monoisotopic (exact) mass is 1060 g/mol. The van der Waals surface area contributed by atoms with Gasteiger partial charge >= 0.3 is 0 Å². The highest BCUT2D eigenvalue weighted by molar-refractivity contribution is 6.22. The van der Waals surface area contributed by atoms with Crippen molar-refractivity contribution in [1.82, 2.24) is 9.55 Å². The van der Waals surface area contributed by atoms with Crippen molar-refractivity contribution in [2.45, 2.75) is 25.2 Å². The first-order valence-corrected chi connectivity index (χ1v) is 28.9. The highest BCUT2D eigenvalue weighted by Gasteiger charge is 2.28. The summed E-state index contributed by atoms with van der Waals surface area (Å²) in [4.78, 5) is 11.0. The lowest BCUT2D eigenvalue weighted by Crippen LogP contribution is -2.14. The molecule has 0 saturated heterocycles.